The lowest BCUT2D eigenvalue weighted by Gasteiger charge is -2.18. The minimum absolute atomic E-state index is 0.112. The molecule has 6 nitrogen and oxygen atoms in total. The molecule has 1 atom stereocenters. The van der Waals surface area contributed by atoms with Gasteiger partial charge in [-0.15, -0.1) is 0 Å². The highest BCUT2D eigenvalue weighted by molar-refractivity contribution is 6.23. The zero-order valence-corrected chi connectivity index (χ0v) is 14.4. The van der Waals surface area contributed by atoms with Crippen LogP contribution in [-0.4, -0.2) is 32.1 Å². The van der Waals surface area contributed by atoms with Crippen LogP contribution in [0.1, 0.15) is 12.0 Å². The number of anilines is 2. The van der Waals surface area contributed by atoms with Gasteiger partial charge in [0.15, 0.2) is 11.5 Å². The first-order valence-electron chi connectivity index (χ1n) is 7.95. The number of nitrogens with one attached hydrogen (secondary N) is 1. The molecule has 0 radical (unpaired) electrons. The number of ether oxygens (including phenoxy) is 2. The number of benzene rings is 2. The molecule has 25 heavy (non-hydrogen) atoms. The van der Waals surface area contributed by atoms with Gasteiger partial charge in [0.2, 0.25) is 5.91 Å². The van der Waals surface area contributed by atoms with Crippen LogP contribution in [0.5, 0.6) is 11.5 Å². The van der Waals surface area contributed by atoms with Gasteiger partial charge in [0.25, 0.3) is 5.91 Å². The van der Waals surface area contributed by atoms with Crippen molar-refractivity contribution in [2.45, 2.75) is 19.4 Å². The summed E-state index contributed by atoms with van der Waals surface area (Å²) < 4.78 is 10.4. The van der Waals surface area contributed by atoms with Crippen LogP contribution in [-0.2, 0) is 9.59 Å². The van der Waals surface area contributed by atoms with Gasteiger partial charge in [-0.1, -0.05) is 12.1 Å². The van der Waals surface area contributed by atoms with Crippen molar-refractivity contribution < 1.29 is 19.1 Å². The van der Waals surface area contributed by atoms with E-state index in [1.54, 1.807) is 18.2 Å². The number of hydrogen-bond acceptors (Lipinski definition) is 5. The zero-order chi connectivity index (χ0) is 18.0. The minimum Gasteiger partial charge on any atom is -0.493 e. The second kappa shape index (κ2) is 6.84. The molecule has 1 heterocycles. The number of aryl methyl sites for hydroxylation is 1. The number of imide groups is 1. The predicted molar refractivity (Wildman–Crippen MR) is 95.2 cm³/mol. The van der Waals surface area contributed by atoms with Crippen molar-refractivity contribution in [2.75, 3.05) is 24.4 Å². The molecule has 2 aromatic rings. The molecule has 130 valence electrons. The summed E-state index contributed by atoms with van der Waals surface area (Å²) in [7, 11) is 3.04. The maximum atomic E-state index is 12.7. The quantitative estimate of drug-likeness (QED) is 0.848. The van der Waals surface area contributed by atoms with Crippen LogP contribution >= 0.6 is 0 Å². The molecular formula is C19H20N2O4. The summed E-state index contributed by atoms with van der Waals surface area (Å²) in [6.07, 6.45) is 0.112. The molecule has 1 aliphatic rings. The predicted octanol–water partition coefficient (Wildman–Crippen LogP) is 2.76. The Labute approximate surface area is 146 Å². The number of carbonyl (C=O) groups is 2. The van der Waals surface area contributed by atoms with Crippen molar-refractivity contribution in [1.82, 2.24) is 0 Å². The van der Waals surface area contributed by atoms with E-state index in [2.05, 4.69) is 5.32 Å². The summed E-state index contributed by atoms with van der Waals surface area (Å²) in [4.78, 5) is 26.3. The summed E-state index contributed by atoms with van der Waals surface area (Å²) in [6, 6.07) is 12.1. The molecular weight excluding hydrogens is 320 g/mol. The van der Waals surface area contributed by atoms with E-state index >= 15 is 0 Å². The molecule has 6 heteroatoms. The fourth-order valence-corrected chi connectivity index (χ4v) is 2.92. The standard InChI is InChI=1S/C19H20N2O4/c1-12-5-4-6-13(9-12)20-15-11-18(22)21(19(15)23)14-7-8-16(24-2)17(10-14)25-3/h4-10,15,20H,11H2,1-3H3. The van der Waals surface area contributed by atoms with Gasteiger partial charge in [-0.25, -0.2) is 4.90 Å². The fourth-order valence-electron chi connectivity index (χ4n) is 2.92. The summed E-state index contributed by atoms with van der Waals surface area (Å²) in [5, 5.41) is 3.14. The summed E-state index contributed by atoms with van der Waals surface area (Å²) >= 11 is 0. The second-order valence-corrected chi connectivity index (χ2v) is 5.88. The van der Waals surface area contributed by atoms with Crippen LogP contribution in [0.25, 0.3) is 0 Å². The van der Waals surface area contributed by atoms with Gasteiger partial charge in [0.05, 0.1) is 26.3 Å². The summed E-state index contributed by atoms with van der Waals surface area (Å²) in [6.45, 7) is 1.97. The molecule has 2 aromatic carbocycles. The third-order valence-electron chi connectivity index (χ3n) is 4.13. The maximum Gasteiger partial charge on any atom is 0.256 e. The van der Waals surface area contributed by atoms with Gasteiger partial charge in [0.1, 0.15) is 6.04 Å². The van der Waals surface area contributed by atoms with Crippen molar-refractivity contribution >= 4 is 23.2 Å². The smallest absolute Gasteiger partial charge is 0.256 e. The Morgan fingerprint density at radius 3 is 2.48 bits per heavy atom. The molecule has 3 rings (SSSR count). The Bertz CT molecular complexity index is 819. The first-order valence-corrected chi connectivity index (χ1v) is 7.95. The normalized spacial score (nSPS) is 16.9. The lowest BCUT2D eigenvalue weighted by molar-refractivity contribution is -0.121. The summed E-state index contributed by atoms with van der Waals surface area (Å²) in [5.74, 6) is 0.483. The number of amides is 2. The van der Waals surface area contributed by atoms with Gasteiger partial charge in [-0.05, 0) is 36.8 Å². The van der Waals surface area contributed by atoms with Gasteiger partial charge in [-0.2, -0.15) is 0 Å². The van der Waals surface area contributed by atoms with Crippen LogP contribution in [0.3, 0.4) is 0 Å². The Balaban J connectivity index is 1.84. The van der Waals surface area contributed by atoms with E-state index < -0.39 is 6.04 Å². The van der Waals surface area contributed by atoms with Crippen molar-refractivity contribution in [2.24, 2.45) is 0 Å². The highest BCUT2D eigenvalue weighted by Gasteiger charge is 2.39. The van der Waals surface area contributed by atoms with E-state index in [1.165, 1.54) is 19.1 Å². The van der Waals surface area contributed by atoms with Gasteiger partial charge in [0, 0.05) is 11.8 Å². The number of hydrogen-bond donors (Lipinski definition) is 1. The number of carbonyl (C=O) groups excluding carboxylic acids is 2. The minimum atomic E-state index is -0.581. The molecule has 1 fully saturated rings. The molecule has 0 saturated carbocycles. The Hall–Kier alpha value is -3.02. The van der Waals surface area contributed by atoms with E-state index in [4.69, 9.17) is 9.47 Å². The lowest BCUT2D eigenvalue weighted by atomic mass is 10.2. The Kier molecular flexibility index (Phi) is 4.61. The van der Waals surface area contributed by atoms with Crippen molar-refractivity contribution in [3.8, 4) is 11.5 Å². The van der Waals surface area contributed by atoms with E-state index in [0.29, 0.717) is 17.2 Å². The average molecular weight is 340 g/mol. The summed E-state index contributed by atoms with van der Waals surface area (Å²) in [5.41, 5.74) is 2.38. The largest absolute Gasteiger partial charge is 0.493 e. The molecule has 0 bridgehead atoms. The third-order valence-corrected chi connectivity index (χ3v) is 4.13. The van der Waals surface area contributed by atoms with Crippen LogP contribution < -0.4 is 19.7 Å². The molecule has 1 aliphatic heterocycles. The molecule has 1 saturated heterocycles. The Morgan fingerprint density at radius 1 is 1.04 bits per heavy atom. The molecule has 0 aromatic heterocycles. The van der Waals surface area contributed by atoms with E-state index in [1.807, 2.05) is 31.2 Å². The monoisotopic (exact) mass is 340 g/mol. The van der Waals surface area contributed by atoms with Crippen LogP contribution in [0.4, 0.5) is 11.4 Å². The molecule has 2 amide bonds. The van der Waals surface area contributed by atoms with Gasteiger partial charge < -0.3 is 14.8 Å². The van der Waals surface area contributed by atoms with Gasteiger partial charge in [-0.3, -0.25) is 9.59 Å². The van der Waals surface area contributed by atoms with Crippen LogP contribution in [0.2, 0.25) is 0 Å². The van der Waals surface area contributed by atoms with Crippen molar-refractivity contribution in [3.63, 3.8) is 0 Å². The van der Waals surface area contributed by atoms with E-state index in [-0.39, 0.29) is 18.2 Å². The molecule has 0 aliphatic carbocycles. The number of methoxy groups -OCH3 is 2. The maximum absolute atomic E-state index is 12.7. The van der Waals surface area contributed by atoms with Crippen LogP contribution in [0.15, 0.2) is 42.5 Å². The van der Waals surface area contributed by atoms with Gasteiger partial charge >= 0.3 is 0 Å². The first-order chi connectivity index (χ1) is 12.0. The number of nitrogens with zero attached hydrogens (tertiary/aromatic N) is 1. The fraction of sp³-hybridized carbons (Fsp3) is 0.263. The van der Waals surface area contributed by atoms with E-state index in [9.17, 15) is 9.59 Å². The van der Waals surface area contributed by atoms with Crippen molar-refractivity contribution in [3.05, 3.63) is 48.0 Å². The average Bonchev–Trinajstić information content (AvgIpc) is 2.88. The highest BCUT2D eigenvalue weighted by Crippen LogP contribution is 2.34. The number of rotatable bonds is 5. The zero-order valence-electron chi connectivity index (χ0n) is 14.4. The molecule has 1 unspecified atom stereocenters. The lowest BCUT2D eigenvalue weighted by Crippen LogP contribution is -2.34. The molecule has 0 spiro atoms. The first kappa shape index (κ1) is 16.8. The van der Waals surface area contributed by atoms with E-state index in [0.717, 1.165) is 11.3 Å². The van der Waals surface area contributed by atoms with Crippen molar-refractivity contribution in [1.29, 1.82) is 0 Å². The molecule has 1 N–H and O–H groups in total. The van der Waals surface area contributed by atoms with Crippen LogP contribution in [0, 0.1) is 6.92 Å². The Morgan fingerprint density at radius 2 is 1.80 bits per heavy atom. The SMILES string of the molecule is COc1ccc(N2C(=O)CC(Nc3cccc(C)c3)C2=O)cc1OC. The topological polar surface area (TPSA) is 67.9 Å². The second-order valence-electron chi connectivity index (χ2n) is 5.88. The highest BCUT2D eigenvalue weighted by atomic mass is 16.5. The third kappa shape index (κ3) is 3.28.